The summed E-state index contributed by atoms with van der Waals surface area (Å²) in [5, 5.41) is 2.37. The average molecular weight is 453 g/mol. The molecule has 2 aliphatic heterocycles. The highest BCUT2D eigenvalue weighted by Crippen LogP contribution is 2.51. The van der Waals surface area contributed by atoms with Crippen molar-refractivity contribution in [2.75, 3.05) is 0 Å². The van der Waals surface area contributed by atoms with Gasteiger partial charge in [-0.25, -0.2) is 0 Å². The first kappa shape index (κ1) is 22.0. The van der Waals surface area contributed by atoms with E-state index in [0.717, 1.165) is 0 Å². The molecule has 2 aromatic carbocycles. The minimum absolute atomic E-state index is 0.00428. The SMILES string of the molecule is CC1(C)O[C@H]2OC3(CC(O[Si](c4ccccc4)(c4ccccc4)C(C)(C)C)C3)C(=O)[C@H]2O1. The Morgan fingerprint density at radius 2 is 1.41 bits per heavy atom. The van der Waals surface area contributed by atoms with Crippen LogP contribution in [0.5, 0.6) is 0 Å². The summed E-state index contributed by atoms with van der Waals surface area (Å²) in [7, 11) is -2.65. The summed E-state index contributed by atoms with van der Waals surface area (Å²) in [6.07, 6.45) is -0.241. The Bertz CT molecular complexity index is 952. The molecule has 3 aliphatic rings. The molecule has 0 aromatic heterocycles. The molecule has 1 saturated carbocycles. The van der Waals surface area contributed by atoms with Crippen molar-refractivity contribution >= 4 is 24.5 Å². The summed E-state index contributed by atoms with van der Waals surface area (Å²) < 4.78 is 24.9. The maximum atomic E-state index is 13.2. The second-order valence-corrected chi connectivity index (χ2v) is 15.0. The van der Waals surface area contributed by atoms with Crippen molar-refractivity contribution in [2.24, 2.45) is 0 Å². The van der Waals surface area contributed by atoms with Crippen LogP contribution in [0.3, 0.4) is 0 Å². The van der Waals surface area contributed by atoms with Gasteiger partial charge in [-0.2, -0.15) is 0 Å². The number of ketones is 1. The van der Waals surface area contributed by atoms with Gasteiger partial charge in [0.1, 0.15) is 5.60 Å². The zero-order chi connectivity index (χ0) is 22.8. The fourth-order valence-corrected chi connectivity index (χ4v) is 10.2. The zero-order valence-electron chi connectivity index (χ0n) is 19.5. The van der Waals surface area contributed by atoms with Crippen LogP contribution in [0, 0.1) is 0 Å². The molecule has 0 unspecified atom stereocenters. The van der Waals surface area contributed by atoms with Crippen molar-refractivity contribution in [3.63, 3.8) is 0 Å². The van der Waals surface area contributed by atoms with Crippen molar-refractivity contribution in [3.05, 3.63) is 60.7 Å². The molecule has 3 fully saturated rings. The maximum Gasteiger partial charge on any atom is 0.261 e. The number of hydrogen-bond donors (Lipinski definition) is 0. The Labute approximate surface area is 191 Å². The maximum absolute atomic E-state index is 13.2. The van der Waals surface area contributed by atoms with Crippen LogP contribution in [-0.4, -0.2) is 44.0 Å². The van der Waals surface area contributed by atoms with Gasteiger partial charge in [0.05, 0.1) is 6.10 Å². The summed E-state index contributed by atoms with van der Waals surface area (Å²) in [5.74, 6) is -0.795. The van der Waals surface area contributed by atoms with E-state index in [1.807, 2.05) is 26.0 Å². The number of benzene rings is 2. The number of carbonyl (C=O) groups is 1. The summed E-state index contributed by atoms with van der Waals surface area (Å²) >= 11 is 0. The van der Waals surface area contributed by atoms with E-state index in [-0.39, 0.29) is 16.9 Å². The monoisotopic (exact) mass is 452 g/mol. The molecule has 6 heteroatoms. The molecular formula is C26H32O5Si. The molecule has 0 N–H and O–H groups in total. The van der Waals surface area contributed by atoms with E-state index in [9.17, 15) is 4.79 Å². The Hall–Kier alpha value is -1.83. The predicted octanol–water partition coefficient (Wildman–Crippen LogP) is 3.54. The van der Waals surface area contributed by atoms with E-state index < -0.39 is 32.1 Å². The van der Waals surface area contributed by atoms with Crippen LogP contribution in [0.1, 0.15) is 47.5 Å². The highest BCUT2D eigenvalue weighted by Gasteiger charge is 2.67. The van der Waals surface area contributed by atoms with E-state index in [1.165, 1.54) is 10.4 Å². The van der Waals surface area contributed by atoms with Gasteiger partial charge in [0.2, 0.25) is 0 Å². The molecule has 1 spiro atoms. The Balaban J connectivity index is 1.44. The van der Waals surface area contributed by atoms with Gasteiger partial charge in [-0.15, -0.1) is 0 Å². The molecule has 0 bridgehead atoms. The average Bonchev–Trinajstić information content (AvgIpc) is 3.15. The van der Waals surface area contributed by atoms with Gasteiger partial charge in [-0.05, 0) is 29.3 Å². The van der Waals surface area contributed by atoms with Gasteiger partial charge in [-0.3, -0.25) is 4.79 Å². The topological polar surface area (TPSA) is 54.0 Å². The molecule has 0 radical (unpaired) electrons. The summed E-state index contributed by atoms with van der Waals surface area (Å²) in [4.78, 5) is 13.2. The van der Waals surface area contributed by atoms with E-state index in [2.05, 4.69) is 69.3 Å². The van der Waals surface area contributed by atoms with Gasteiger partial charge >= 0.3 is 0 Å². The van der Waals surface area contributed by atoms with Crippen LogP contribution in [0.4, 0.5) is 0 Å². The highest BCUT2D eigenvalue weighted by molar-refractivity contribution is 6.99. The number of fused-ring (bicyclic) bond motifs is 1. The Kier molecular flexibility index (Phi) is 5.04. The number of rotatable bonds is 4. The molecular weight excluding hydrogens is 420 g/mol. The van der Waals surface area contributed by atoms with Gasteiger partial charge < -0.3 is 18.6 Å². The van der Waals surface area contributed by atoms with Gasteiger partial charge in [0.15, 0.2) is 24.0 Å². The second-order valence-electron chi connectivity index (χ2n) is 10.7. The van der Waals surface area contributed by atoms with Crippen LogP contribution in [0.15, 0.2) is 60.7 Å². The molecule has 1 aliphatic carbocycles. The van der Waals surface area contributed by atoms with Crippen LogP contribution >= 0.6 is 0 Å². The summed E-state index contributed by atoms with van der Waals surface area (Å²) in [6.45, 7) is 10.4. The lowest BCUT2D eigenvalue weighted by Crippen LogP contribution is -2.70. The number of hydrogen-bond acceptors (Lipinski definition) is 5. The van der Waals surface area contributed by atoms with E-state index in [1.54, 1.807) is 0 Å². The number of Topliss-reactive ketones (excluding diaryl/α,β-unsaturated/α-hetero) is 1. The molecule has 32 heavy (non-hydrogen) atoms. The van der Waals surface area contributed by atoms with Crippen molar-refractivity contribution in [2.45, 2.75) is 82.4 Å². The normalized spacial score (nSPS) is 31.5. The Morgan fingerprint density at radius 1 is 0.875 bits per heavy atom. The van der Waals surface area contributed by atoms with Crippen molar-refractivity contribution in [3.8, 4) is 0 Å². The van der Waals surface area contributed by atoms with E-state index in [4.69, 9.17) is 18.6 Å². The molecule has 170 valence electrons. The minimum Gasteiger partial charge on any atom is -0.404 e. The molecule has 2 aromatic rings. The quantitative estimate of drug-likeness (QED) is 0.664. The third-order valence-corrected chi connectivity index (χ3v) is 12.1. The predicted molar refractivity (Wildman–Crippen MR) is 124 cm³/mol. The standard InChI is InChI=1S/C26H32O5Si/c1-24(2,3)32(19-12-8-6-9-13-19,20-14-10-7-11-15-20)31-18-16-26(17-18)22(27)21-23(30-26)29-25(4,5)28-21/h6-15,18,21,23H,16-17H2,1-5H3/t18?,21-,23+,26?/m1/s1. The molecule has 2 heterocycles. The van der Waals surface area contributed by atoms with Gasteiger partial charge in [0.25, 0.3) is 8.32 Å². The summed E-state index contributed by atoms with van der Waals surface area (Å²) in [6, 6.07) is 21.2. The fraction of sp³-hybridized carbons (Fsp3) is 0.500. The first-order valence-electron chi connectivity index (χ1n) is 11.4. The van der Waals surface area contributed by atoms with Crippen molar-refractivity contribution in [1.29, 1.82) is 0 Å². The highest BCUT2D eigenvalue weighted by atomic mass is 28.4. The largest absolute Gasteiger partial charge is 0.404 e. The number of ether oxygens (including phenoxy) is 3. The molecule has 5 nitrogen and oxygen atoms in total. The zero-order valence-corrected chi connectivity index (χ0v) is 20.5. The van der Waals surface area contributed by atoms with Crippen LogP contribution in [0.2, 0.25) is 5.04 Å². The minimum atomic E-state index is -2.65. The van der Waals surface area contributed by atoms with Crippen molar-refractivity contribution < 1.29 is 23.4 Å². The summed E-state index contributed by atoms with van der Waals surface area (Å²) in [5.41, 5.74) is -0.845. The molecule has 0 amide bonds. The van der Waals surface area contributed by atoms with Gasteiger partial charge in [-0.1, -0.05) is 81.4 Å². The molecule has 5 rings (SSSR count). The first-order valence-corrected chi connectivity index (χ1v) is 13.3. The number of carbonyl (C=O) groups excluding carboxylic acids is 1. The Morgan fingerprint density at radius 3 is 1.88 bits per heavy atom. The van der Waals surface area contributed by atoms with Crippen LogP contribution in [0.25, 0.3) is 0 Å². The van der Waals surface area contributed by atoms with E-state index >= 15 is 0 Å². The van der Waals surface area contributed by atoms with Crippen LogP contribution < -0.4 is 10.4 Å². The fourth-order valence-electron chi connectivity index (χ4n) is 5.53. The smallest absolute Gasteiger partial charge is 0.261 e. The second kappa shape index (κ2) is 7.34. The van der Waals surface area contributed by atoms with Crippen LogP contribution in [-0.2, 0) is 23.4 Å². The van der Waals surface area contributed by atoms with E-state index in [0.29, 0.717) is 12.8 Å². The lowest BCUT2D eigenvalue weighted by atomic mass is 9.74. The van der Waals surface area contributed by atoms with Crippen molar-refractivity contribution in [1.82, 2.24) is 0 Å². The lowest BCUT2D eigenvalue weighted by molar-refractivity contribution is -0.244. The molecule has 2 saturated heterocycles. The lowest BCUT2D eigenvalue weighted by Gasteiger charge is -2.51. The van der Waals surface area contributed by atoms with Gasteiger partial charge in [0, 0.05) is 12.8 Å². The molecule has 2 atom stereocenters. The third-order valence-electron chi connectivity index (χ3n) is 6.98. The third kappa shape index (κ3) is 3.32. The first-order chi connectivity index (χ1) is 15.1.